The van der Waals surface area contributed by atoms with Crippen LogP contribution < -0.4 is 20.7 Å². The molecule has 200 valence electrons. The normalized spacial score (nSPS) is 17.9. The van der Waals surface area contributed by atoms with Crippen LogP contribution in [-0.4, -0.2) is 47.4 Å². The third-order valence-corrected chi connectivity index (χ3v) is 6.58. The fraction of sp³-hybridized carbons (Fsp3) is 0.423. The molecule has 0 saturated heterocycles. The van der Waals surface area contributed by atoms with E-state index in [9.17, 15) is 22.8 Å². The molecule has 2 amide bonds. The number of nitrogens with two attached hydrogens (primary N) is 1. The van der Waals surface area contributed by atoms with E-state index >= 15 is 0 Å². The maximum Gasteiger partial charge on any atom is 0.405 e. The van der Waals surface area contributed by atoms with Gasteiger partial charge in [0, 0.05) is 17.1 Å². The highest BCUT2D eigenvalue weighted by molar-refractivity contribution is 6.10. The van der Waals surface area contributed by atoms with E-state index in [1.165, 1.54) is 4.90 Å². The van der Waals surface area contributed by atoms with E-state index in [4.69, 9.17) is 10.5 Å². The molecule has 0 spiro atoms. The van der Waals surface area contributed by atoms with Gasteiger partial charge in [-0.1, -0.05) is 32.5 Å². The van der Waals surface area contributed by atoms with Crippen LogP contribution in [0.4, 0.5) is 24.7 Å². The Bertz CT molecular complexity index is 1280. The smallest absolute Gasteiger partial charge is 0.405 e. The van der Waals surface area contributed by atoms with Crippen LogP contribution >= 0.6 is 0 Å². The number of halogens is 3. The van der Waals surface area contributed by atoms with Crippen molar-refractivity contribution in [2.75, 3.05) is 23.7 Å². The molecule has 11 heteroatoms. The number of nitrogens with zero attached hydrogens (tertiary/aromatic N) is 2. The molecule has 2 atom stereocenters. The molecular formula is C26H32F3N5O3. The number of rotatable bonds is 9. The van der Waals surface area contributed by atoms with Crippen molar-refractivity contribution in [1.82, 2.24) is 15.5 Å². The van der Waals surface area contributed by atoms with E-state index in [0.29, 0.717) is 36.5 Å². The van der Waals surface area contributed by atoms with Crippen molar-refractivity contribution >= 4 is 34.2 Å². The third kappa shape index (κ3) is 5.81. The van der Waals surface area contributed by atoms with Gasteiger partial charge in [0.25, 0.3) is 0 Å². The molecule has 0 saturated carbocycles. The van der Waals surface area contributed by atoms with Gasteiger partial charge in [0.2, 0.25) is 11.8 Å². The molecule has 4 N–H and O–H groups in total. The van der Waals surface area contributed by atoms with Crippen molar-refractivity contribution in [3.05, 3.63) is 48.0 Å². The number of alkyl halides is 3. The summed E-state index contributed by atoms with van der Waals surface area (Å²) in [6.45, 7) is 1.86. The first-order valence-corrected chi connectivity index (χ1v) is 11.7. The Kier molecular flexibility index (Phi) is 8.04. The van der Waals surface area contributed by atoms with Crippen LogP contribution in [0.2, 0.25) is 0 Å². The molecule has 4 rings (SSSR count). The molecule has 2 aromatic carbocycles. The molecule has 0 aliphatic carbocycles. The number of aromatic amines is 1. The Labute approximate surface area is 213 Å². The summed E-state index contributed by atoms with van der Waals surface area (Å²) in [6, 6.07) is 12.5. The lowest BCUT2D eigenvalue weighted by Gasteiger charge is -2.27. The Morgan fingerprint density at radius 2 is 2.00 bits per heavy atom. The second kappa shape index (κ2) is 10.7. The molecule has 0 fully saturated rings. The van der Waals surface area contributed by atoms with E-state index in [0.717, 1.165) is 16.5 Å². The Hall–Kier alpha value is -3.76. The first-order chi connectivity index (χ1) is 17.0. The van der Waals surface area contributed by atoms with Gasteiger partial charge in [-0.3, -0.25) is 14.7 Å². The molecule has 1 aliphatic heterocycles. The molecule has 3 aromatic rings. The number of nitrogen functional groups attached to an aromatic ring is 1. The number of para-hydroxylation sites is 1. The van der Waals surface area contributed by atoms with Crippen molar-refractivity contribution in [2.45, 2.75) is 58.2 Å². The van der Waals surface area contributed by atoms with E-state index in [1.54, 1.807) is 25.1 Å². The number of fused-ring (bicyclic) bond motifs is 2. The van der Waals surface area contributed by atoms with Crippen LogP contribution in [0.15, 0.2) is 42.5 Å². The molecule has 8 nitrogen and oxygen atoms in total. The standard InChI is InChI=1S/C25H28F3N5O3.CH4/c1-3-15(36-16-8-9-17-19(12-16)31-32-22(17)29)10-11-24(2)18-6-4-5-7-20(18)33(23(24)35)13-21(34)30-14-25(26,27)28;/h4-9,12,15H,3,10-11,13-14H2,1-2H3,(H,30,34)(H3,29,31,32);1H4/t15?,24-;/m0./s1. The predicted octanol–water partition coefficient (Wildman–Crippen LogP) is 4.70. The van der Waals surface area contributed by atoms with Crippen molar-refractivity contribution in [1.29, 1.82) is 0 Å². The maximum atomic E-state index is 13.5. The van der Waals surface area contributed by atoms with Gasteiger partial charge in [0.1, 0.15) is 18.8 Å². The quantitative estimate of drug-likeness (QED) is 0.379. The second-order valence-corrected chi connectivity index (χ2v) is 9.14. The zero-order valence-electron chi connectivity index (χ0n) is 20.0. The van der Waals surface area contributed by atoms with Crippen molar-refractivity contribution in [3.63, 3.8) is 0 Å². The fourth-order valence-corrected chi connectivity index (χ4v) is 4.58. The highest BCUT2D eigenvalue weighted by Gasteiger charge is 2.47. The average Bonchev–Trinajstić information content (AvgIpc) is 3.31. The van der Waals surface area contributed by atoms with E-state index in [2.05, 4.69) is 10.2 Å². The van der Waals surface area contributed by atoms with E-state index < -0.39 is 30.6 Å². The highest BCUT2D eigenvalue weighted by atomic mass is 19.4. The predicted molar refractivity (Wildman–Crippen MR) is 136 cm³/mol. The number of nitrogens with one attached hydrogen (secondary N) is 2. The van der Waals surface area contributed by atoms with Crippen LogP contribution in [0.5, 0.6) is 5.75 Å². The molecule has 1 unspecified atom stereocenters. The zero-order chi connectivity index (χ0) is 26.1. The molecule has 37 heavy (non-hydrogen) atoms. The summed E-state index contributed by atoms with van der Waals surface area (Å²) in [5, 5.41) is 9.48. The molecule has 0 radical (unpaired) electrons. The fourth-order valence-electron chi connectivity index (χ4n) is 4.58. The number of hydrogen-bond acceptors (Lipinski definition) is 5. The Balaban J connectivity index is 0.00000380. The van der Waals surface area contributed by atoms with Gasteiger partial charge in [0.15, 0.2) is 5.82 Å². The number of benzene rings is 2. The number of carbonyl (C=O) groups excluding carboxylic acids is 2. The number of H-pyrrole nitrogens is 1. The summed E-state index contributed by atoms with van der Waals surface area (Å²) in [5.74, 6) is -0.143. The minimum absolute atomic E-state index is 0. The molecule has 1 aromatic heterocycles. The molecular weight excluding hydrogens is 487 g/mol. The van der Waals surface area contributed by atoms with Gasteiger partial charge < -0.3 is 20.7 Å². The number of aromatic nitrogens is 2. The lowest BCUT2D eigenvalue weighted by atomic mass is 9.79. The SMILES string of the molecule is C.CCC(CC[C@]1(C)C(=O)N(CC(=O)NCC(F)(F)F)c2ccccc21)Oc1ccc2c(N)n[nH]c2c1. The second-order valence-electron chi connectivity index (χ2n) is 9.14. The van der Waals surface area contributed by atoms with Gasteiger partial charge in [-0.15, -0.1) is 0 Å². The van der Waals surface area contributed by atoms with Gasteiger partial charge in [-0.2, -0.15) is 18.3 Å². The van der Waals surface area contributed by atoms with Crippen LogP contribution in [0.3, 0.4) is 0 Å². The summed E-state index contributed by atoms with van der Waals surface area (Å²) < 4.78 is 43.7. The first kappa shape index (κ1) is 27.8. The third-order valence-electron chi connectivity index (χ3n) is 6.58. The highest BCUT2D eigenvalue weighted by Crippen LogP contribution is 2.44. The summed E-state index contributed by atoms with van der Waals surface area (Å²) in [5.41, 5.74) is 6.90. The number of ether oxygens (including phenoxy) is 1. The van der Waals surface area contributed by atoms with Crippen LogP contribution in [0.1, 0.15) is 46.1 Å². The summed E-state index contributed by atoms with van der Waals surface area (Å²) in [6.07, 6.45) is -3.05. The molecule has 1 aliphatic rings. The van der Waals surface area contributed by atoms with Crippen LogP contribution in [0, 0.1) is 0 Å². The lowest BCUT2D eigenvalue weighted by molar-refractivity contribution is -0.138. The summed E-state index contributed by atoms with van der Waals surface area (Å²) in [4.78, 5) is 26.9. The van der Waals surface area contributed by atoms with Crippen LogP contribution in [0.25, 0.3) is 10.9 Å². The number of carbonyl (C=O) groups is 2. The summed E-state index contributed by atoms with van der Waals surface area (Å²) >= 11 is 0. The van der Waals surface area contributed by atoms with Gasteiger partial charge in [0.05, 0.1) is 17.0 Å². The first-order valence-electron chi connectivity index (χ1n) is 11.7. The van der Waals surface area contributed by atoms with Crippen molar-refractivity contribution < 1.29 is 27.5 Å². The topological polar surface area (TPSA) is 113 Å². The Morgan fingerprint density at radius 3 is 2.70 bits per heavy atom. The van der Waals surface area contributed by atoms with E-state index in [1.807, 2.05) is 36.5 Å². The number of hydrogen-bond donors (Lipinski definition) is 3. The largest absolute Gasteiger partial charge is 0.490 e. The molecule has 2 heterocycles. The van der Waals surface area contributed by atoms with Gasteiger partial charge in [-0.05, 0) is 49.9 Å². The minimum atomic E-state index is -4.53. The number of amides is 2. The Morgan fingerprint density at radius 1 is 1.27 bits per heavy atom. The summed E-state index contributed by atoms with van der Waals surface area (Å²) in [7, 11) is 0. The van der Waals surface area contributed by atoms with Gasteiger partial charge in [-0.25, -0.2) is 0 Å². The van der Waals surface area contributed by atoms with Crippen molar-refractivity contribution in [3.8, 4) is 5.75 Å². The molecule has 0 bridgehead atoms. The van der Waals surface area contributed by atoms with Crippen LogP contribution in [-0.2, 0) is 15.0 Å². The monoisotopic (exact) mass is 519 g/mol. The lowest BCUT2D eigenvalue weighted by Crippen LogP contribution is -2.45. The minimum Gasteiger partial charge on any atom is -0.490 e. The number of anilines is 2. The van der Waals surface area contributed by atoms with E-state index in [-0.39, 0.29) is 19.4 Å². The van der Waals surface area contributed by atoms with Gasteiger partial charge >= 0.3 is 6.18 Å². The zero-order valence-corrected chi connectivity index (χ0v) is 20.0. The maximum absolute atomic E-state index is 13.5. The van der Waals surface area contributed by atoms with Crippen molar-refractivity contribution in [2.24, 2.45) is 0 Å². The average molecular weight is 520 g/mol.